The van der Waals surface area contributed by atoms with Crippen molar-refractivity contribution in [1.82, 2.24) is 8.96 Å². The van der Waals surface area contributed by atoms with Crippen LogP contribution in [0.4, 0.5) is 0 Å². The Hall–Kier alpha value is -1.41. The van der Waals surface area contributed by atoms with Crippen molar-refractivity contribution in [1.29, 1.82) is 0 Å². The molecule has 0 fully saturated rings. The third-order valence-corrected chi connectivity index (χ3v) is 5.03. The number of benzene rings is 1. The van der Waals surface area contributed by atoms with Gasteiger partial charge in [-0.3, -0.25) is 0 Å². The molecule has 0 atom stereocenters. The lowest BCUT2D eigenvalue weighted by atomic mass is 10.3. The SMILES string of the molecule is O=S(=O)(c1ccccc1)n1ccc2cc(I)cnc21. The topological polar surface area (TPSA) is 52.0 Å². The van der Waals surface area contributed by atoms with Crippen LogP contribution in [-0.2, 0) is 10.0 Å². The van der Waals surface area contributed by atoms with Gasteiger partial charge < -0.3 is 0 Å². The maximum absolute atomic E-state index is 12.5. The predicted molar refractivity (Wildman–Crippen MR) is 81.5 cm³/mol. The maximum atomic E-state index is 12.5. The highest BCUT2D eigenvalue weighted by Crippen LogP contribution is 2.21. The zero-order valence-corrected chi connectivity index (χ0v) is 12.7. The molecule has 3 aromatic rings. The predicted octanol–water partition coefficient (Wildman–Crippen LogP) is 2.88. The van der Waals surface area contributed by atoms with Crippen LogP contribution >= 0.6 is 22.6 Å². The summed E-state index contributed by atoms with van der Waals surface area (Å²) in [7, 11) is -3.58. The van der Waals surface area contributed by atoms with Crippen LogP contribution in [0.3, 0.4) is 0 Å². The van der Waals surface area contributed by atoms with Crippen molar-refractivity contribution in [3.05, 3.63) is 58.4 Å². The minimum absolute atomic E-state index is 0.257. The van der Waals surface area contributed by atoms with Crippen molar-refractivity contribution < 1.29 is 8.42 Å². The summed E-state index contributed by atoms with van der Waals surface area (Å²) >= 11 is 2.15. The zero-order valence-electron chi connectivity index (χ0n) is 9.69. The fraction of sp³-hybridized carbons (Fsp3) is 0. The van der Waals surface area contributed by atoms with Crippen molar-refractivity contribution >= 4 is 43.6 Å². The Morgan fingerprint density at radius 3 is 2.58 bits per heavy atom. The van der Waals surface area contributed by atoms with Gasteiger partial charge in [-0.25, -0.2) is 17.4 Å². The number of pyridine rings is 1. The minimum Gasteiger partial charge on any atom is -0.236 e. The number of halogens is 1. The van der Waals surface area contributed by atoms with Gasteiger partial charge in [-0.2, -0.15) is 0 Å². The van der Waals surface area contributed by atoms with Gasteiger partial charge in [-0.05, 0) is 46.9 Å². The Morgan fingerprint density at radius 1 is 1.11 bits per heavy atom. The van der Waals surface area contributed by atoms with E-state index in [4.69, 9.17) is 0 Å². The van der Waals surface area contributed by atoms with E-state index in [1.54, 1.807) is 42.6 Å². The van der Waals surface area contributed by atoms with Gasteiger partial charge in [0.05, 0.1) is 4.90 Å². The Labute approximate surface area is 124 Å². The summed E-state index contributed by atoms with van der Waals surface area (Å²) in [5.41, 5.74) is 0.448. The normalized spacial score (nSPS) is 11.8. The molecule has 0 radical (unpaired) electrons. The second kappa shape index (κ2) is 4.61. The summed E-state index contributed by atoms with van der Waals surface area (Å²) in [5.74, 6) is 0. The molecular formula is C13H9IN2O2S. The number of nitrogens with zero attached hydrogens (tertiary/aromatic N) is 2. The number of hydrogen-bond donors (Lipinski definition) is 0. The summed E-state index contributed by atoms with van der Waals surface area (Å²) in [6, 6.07) is 12.0. The third-order valence-electron chi connectivity index (χ3n) is 2.76. The Morgan fingerprint density at radius 2 is 1.84 bits per heavy atom. The molecule has 2 aromatic heterocycles. The Balaban J connectivity index is 2.25. The van der Waals surface area contributed by atoms with Gasteiger partial charge in [0.25, 0.3) is 10.0 Å². The van der Waals surface area contributed by atoms with Gasteiger partial charge in [0, 0.05) is 21.4 Å². The van der Waals surface area contributed by atoms with E-state index >= 15 is 0 Å². The summed E-state index contributed by atoms with van der Waals surface area (Å²) in [6.45, 7) is 0. The first-order valence-corrected chi connectivity index (χ1v) is 8.04. The van der Waals surface area contributed by atoms with Gasteiger partial charge in [0.2, 0.25) is 0 Å². The fourth-order valence-corrected chi connectivity index (χ4v) is 3.68. The van der Waals surface area contributed by atoms with E-state index < -0.39 is 10.0 Å². The molecule has 0 spiro atoms. The molecular weight excluding hydrogens is 375 g/mol. The molecule has 0 saturated carbocycles. The molecule has 0 aliphatic carbocycles. The van der Waals surface area contributed by atoms with Crippen LogP contribution in [0, 0.1) is 3.57 Å². The maximum Gasteiger partial charge on any atom is 0.269 e. The molecule has 1 aromatic carbocycles. The van der Waals surface area contributed by atoms with Crippen LogP contribution in [-0.4, -0.2) is 17.4 Å². The zero-order chi connectivity index (χ0) is 13.5. The van der Waals surface area contributed by atoms with Gasteiger partial charge in [0.1, 0.15) is 0 Å². The number of fused-ring (bicyclic) bond motifs is 1. The molecule has 3 rings (SSSR count). The highest BCUT2D eigenvalue weighted by molar-refractivity contribution is 14.1. The summed E-state index contributed by atoms with van der Waals surface area (Å²) < 4.78 is 27.2. The second-order valence-corrected chi connectivity index (χ2v) is 7.06. The van der Waals surface area contributed by atoms with E-state index in [0.717, 1.165) is 8.96 Å². The monoisotopic (exact) mass is 384 g/mol. The van der Waals surface area contributed by atoms with E-state index in [1.165, 1.54) is 10.2 Å². The quantitative estimate of drug-likeness (QED) is 0.639. The first-order valence-electron chi connectivity index (χ1n) is 5.52. The van der Waals surface area contributed by atoms with Crippen molar-refractivity contribution in [2.45, 2.75) is 4.90 Å². The van der Waals surface area contributed by atoms with E-state index in [0.29, 0.717) is 5.65 Å². The average Bonchev–Trinajstić information content (AvgIpc) is 2.83. The van der Waals surface area contributed by atoms with Crippen LogP contribution in [0.25, 0.3) is 11.0 Å². The van der Waals surface area contributed by atoms with E-state index in [-0.39, 0.29) is 4.90 Å². The molecule has 0 amide bonds. The molecule has 19 heavy (non-hydrogen) atoms. The smallest absolute Gasteiger partial charge is 0.236 e. The molecule has 2 heterocycles. The number of aromatic nitrogens is 2. The second-order valence-electron chi connectivity index (χ2n) is 4.00. The van der Waals surface area contributed by atoms with Crippen molar-refractivity contribution in [3.8, 4) is 0 Å². The average molecular weight is 384 g/mol. The molecule has 0 unspecified atom stereocenters. The molecule has 0 aliphatic heterocycles. The van der Waals surface area contributed by atoms with Gasteiger partial charge in [-0.15, -0.1) is 0 Å². The molecule has 6 heteroatoms. The fourth-order valence-electron chi connectivity index (χ4n) is 1.87. The molecule has 4 nitrogen and oxygen atoms in total. The minimum atomic E-state index is -3.58. The van der Waals surface area contributed by atoms with Crippen LogP contribution in [0.2, 0.25) is 0 Å². The largest absolute Gasteiger partial charge is 0.269 e. The van der Waals surface area contributed by atoms with Crippen molar-refractivity contribution in [3.63, 3.8) is 0 Å². The van der Waals surface area contributed by atoms with E-state index in [1.807, 2.05) is 6.07 Å². The van der Waals surface area contributed by atoms with E-state index in [9.17, 15) is 8.42 Å². The third kappa shape index (κ3) is 2.14. The van der Waals surface area contributed by atoms with Gasteiger partial charge >= 0.3 is 0 Å². The summed E-state index contributed by atoms with van der Waals surface area (Å²) in [5, 5.41) is 0.811. The van der Waals surface area contributed by atoms with Gasteiger partial charge in [-0.1, -0.05) is 18.2 Å². The molecule has 0 aliphatic rings. The standard InChI is InChI=1S/C13H9IN2O2S/c14-11-8-10-6-7-16(13(10)15-9-11)19(17,18)12-4-2-1-3-5-12/h1-9H. The lowest BCUT2D eigenvalue weighted by molar-refractivity contribution is 0.589. The van der Waals surface area contributed by atoms with Crippen molar-refractivity contribution in [2.24, 2.45) is 0 Å². The summed E-state index contributed by atoms with van der Waals surface area (Å²) in [6.07, 6.45) is 3.19. The van der Waals surface area contributed by atoms with Crippen LogP contribution in [0.5, 0.6) is 0 Å². The Bertz CT molecular complexity index is 841. The highest BCUT2D eigenvalue weighted by atomic mass is 127. The highest BCUT2D eigenvalue weighted by Gasteiger charge is 2.18. The molecule has 0 N–H and O–H groups in total. The lowest BCUT2D eigenvalue weighted by Crippen LogP contribution is -2.12. The molecule has 0 saturated heterocycles. The number of hydrogen-bond acceptors (Lipinski definition) is 3. The van der Waals surface area contributed by atoms with Crippen LogP contribution < -0.4 is 0 Å². The lowest BCUT2D eigenvalue weighted by Gasteiger charge is -2.06. The Kier molecular flexibility index (Phi) is 3.06. The number of rotatable bonds is 2. The summed E-state index contributed by atoms with van der Waals surface area (Å²) in [4.78, 5) is 4.47. The first-order chi connectivity index (χ1) is 9.09. The van der Waals surface area contributed by atoms with Gasteiger partial charge in [0.15, 0.2) is 5.65 Å². The first kappa shape index (κ1) is 12.6. The molecule has 0 bridgehead atoms. The van der Waals surface area contributed by atoms with E-state index in [2.05, 4.69) is 27.6 Å². The van der Waals surface area contributed by atoms with Crippen LogP contribution in [0.15, 0.2) is 59.8 Å². The van der Waals surface area contributed by atoms with Crippen molar-refractivity contribution in [2.75, 3.05) is 0 Å². The van der Waals surface area contributed by atoms with Crippen LogP contribution in [0.1, 0.15) is 0 Å². The molecule has 96 valence electrons.